The number of aromatic amines is 1. The monoisotopic (exact) mass is 431 g/mol. The number of benzene rings is 2. The number of esters is 1. The van der Waals surface area contributed by atoms with Crippen LogP contribution in [0.4, 0.5) is 5.69 Å². The molecule has 5 rings (SSSR count). The van der Waals surface area contributed by atoms with Crippen LogP contribution in [0.2, 0.25) is 0 Å². The third-order valence-corrected chi connectivity index (χ3v) is 6.51. The van der Waals surface area contributed by atoms with E-state index in [2.05, 4.69) is 4.98 Å². The number of hydrogen-bond donors (Lipinski definition) is 1. The van der Waals surface area contributed by atoms with Gasteiger partial charge < -0.3 is 19.5 Å². The fraction of sp³-hybridized carbons (Fsp3) is 0.320. The van der Waals surface area contributed by atoms with E-state index in [1.54, 1.807) is 6.07 Å². The molecule has 7 nitrogen and oxygen atoms in total. The van der Waals surface area contributed by atoms with E-state index >= 15 is 0 Å². The lowest BCUT2D eigenvalue weighted by Crippen LogP contribution is -2.35. The van der Waals surface area contributed by atoms with Crippen LogP contribution in [0, 0.1) is 0 Å². The number of nitrogens with one attached hydrogen (secondary N) is 1. The molecule has 0 atom stereocenters. The molecule has 3 heterocycles. The second-order valence-corrected chi connectivity index (χ2v) is 8.30. The van der Waals surface area contributed by atoms with Crippen LogP contribution in [0.1, 0.15) is 50.9 Å². The van der Waals surface area contributed by atoms with Gasteiger partial charge in [-0.05, 0) is 48.4 Å². The minimum Gasteiger partial charge on any atom is -0.465 e. The van der Waals surface area contributed by atoms with E-state index in [1.165, 1.54) is 7.11 Å². The first-order chi connectivity index (χ1) is 15.5. The van der Waals surface area contributed by atoms with Crippen LogP contribution in [-0.4, -0.2) is 47.9 Å². The molecule has 3 aromatic rings. The Morgan fingerprint density at radius 1 is 1.03 bits per heavy atom. The number of carbonyl (C=O) groups is 3. The smallest absolute Gasteiger partial charge is 0.337 e. The van der Waals surface area contributed by atoms with Crippen LogP contribution < -0.4 is 4.90 Å². The number of hydrogen-bond acceptors (Lipinski definition) is 4. The summed E-state index contributed by atoms with van der Waals surface area (Å²) in [5.74, 6) is -0.284. The molecule has 164 valence electrons. The van der Waals surface area contributed by atoms with Gasteiger partial charge in [0, 0.05) is 65.9 Å². The van der Waals surface area contributed by atoms with Gasteiger partial charge >= 0.3 is 5.97 Å². The molecule has 0 saturated carbocycles. The molecule has 0 radical (unpaired) electrons. The normalized spacial score (nSPS) is 14.9. The average molecular weight is 431 g/mol. The highest BCUT2D eigenvalue weighted by molar-refractivity contribution is 5.99. The molecule has 0 unspecified atom stereocenters. The van der Waals surface area contributed by atoms with Crippen LogP contribution in [0.15, 0.2) is 36.4 Å². The first-order valence-electron chi connectivity index (χ1n) is 10.9. The average Bonchev–Trinajstić information content (AvgIpc) is 3.42. The van der Waals surface area contributed by atoms with E-state index in [0.717, 1.165) is 46.3 Å². The number of carbonyl (C=O) groups excluding carboxylic acids is 3. The van der Waals surface area contributed by atoms with Crippen LogP contribution in [-0.2, 0) is 28.9 Å². The van der Waals surface area contributed by atoms with Gasteiger partial charge in [0.25, 0.3) is 5.91 Å². The number of anilines is 1. The maximum Gasteiger partial charge on any atom is 0.337 e. The fourth-order valence-electron chi connectivity index (χ4n) is 4.80. The summed E-state index contributed by atoms with van der Waals surface area (Å²) < 4.78 is 4.85. The Hall–Kier alpha value is -3.61. The third kappa shape index (κ3) is 3.25. The van der Waals surface area contributed by atoms with E-state index in [1.807, 2.05) is 47.1 Å². The van der Waals surface area contributed by atoms with Crippen molar-refractivity contribution in [2.75, 3.05) is 25.1 Å². The van der Waals surface area contributed by atoms with Gasteiger partial charge in [0.1, 0.15) is 0 Å². The van der Waals surface area contributed by atoms with Crippen molar-refractivity contribution in [2.24, 2.45) is 0 Å². The van der Waals surface area contributed by atoms with Gasteiger partial charge in [-0.15, -0.1) is 0 Å². The summed E-state index contributed by atoms with van der Waals surface area (Å²) in [5, 5.41) is 0.947. The molecule has 32 heavy (non-hydrogen) atoms. The van der Waals surface area contributed by atoms with Gasteiger partial charge in [-0.2, -0.15) is 0 Å². The Bertz CT molecular complexity index is 1260. The zero-order chi connectivity index (χ0) is 22.4. The van der Waals surface area contributed by atoms with E-state index in [4.69, 9.17) is 4.74 Å². The summed E-state index contributed by atoms with van der Waals surface area (Å²) in [7, 11) is 1.37. The summed E-state index contributed by atoms with van der Waals surface area (Å²) in [6, 6.07) is 11.1. The maximum atomic E-state index is 13.3. The first-order valence-corrected chi connectivity index (χ1v) is 10.9. The number of fused-ring (bicyclic) bond motifs is 4. The van der Waals surface area contributed by atoms with Crippen LogP contribution >= 0.6 is 0 Å². The van der Waals surface area contributed by atoms with Crippen molar-refractivity contribution in [3.05, 3.63) is 64.3 Å². The van der Waals surface area contributed by atoms with Crippen LogP contribution in [0.3, 0.4) is 0 Å². The topological polar surface area (TPSA) is 82.7 Å². The van der Waals surface area contributed by atoms with Gasteiger partial charge in [0.15, 0.2) is 0 Å². The van der Waals surface area contributed by atoms with Gasteiger partial charge in [-0.1, -0.05) is 6.92 Å². The summed E-state index contributed by atoms with van der Waals surface area (Å²) in [4.78, 5) is 44.5. The number of amides is 2. The Morgan fingerprint density at radius 3 is 2.62 bits per heavy atom. The van der Waals surface area contributed by atoms with Crippen molar-refractivity contribution in [2.45, 2.75) is 32.7 Å². The number of rotatable bonds is 3. The van der Waals surface area contributed by atoms with Gasteiger partial charge in [0.05, 0.1) is 12.7 Å². The summed E-state index contributed by atoms with van der Waals surface area (Å²) in [6.07, 6.45) is 1.97. The summed E-state index contributed by atoms with van der Waals surface area (Å²) in [6.45, 7) is 3.64. The van der Waals surface area contributed by atoms with Gasteiger partial charge in [-0.25, -0.2) is 4.79 Å². The molecular formula is C25H25N3O4. The lowest BCUT2D eigenvalue weighted by molar-refractivity contribution is -0.118. The number of H-pyrrole nitrogens is 1. The number of ether oxygens (including phenoxy) is 1. The van der Waals surface area contributed by atoms with E-state index in [0.29, 0.717) is 37.2 Å². The van der Waals surface area contributed by atoms with E-state index in [9.17, 15) is 14.4 Å². The second-order valence-electron chi connectivity index (χ2n) is 8.30. The molecule has 2 aromatic carbocycles. The van der Waals surface area contributed by atoms with Crippen molar-refractivity contribution in [3.8, 4) is 0 Å². The predicted octanol–water partition coefficient (Wildman–Crippen LogP) is 3.45. The molecular weight excluding hydrogens is 406 g/mol. The Morgan fingerprint density at radius 2 is 1.84 bits per heavy atom. The van der Waals surface area contributed by atoms with Crippen molar-refractivity contribution in [1.29, 1.82) is 0 Å². The van der Waals surface area contributed by atoms with E-state index in [-0.39, 0.29) is 17.8 Å². The zero-order valence-electron chi connectivity index (χ0n) is 18.2. The second kappa shape index (κ2) is 7.82. The van der Waals surface area contributed by atoms with Gasteiger partial charge in [0.2, 0.25) is 5.91 Å². The van der Waals surface area contributed by atoms with Crippen molar-refractivity contribution in [1.82, 2.24) is 9.88 Å². The minimum absolute atomic E-state index is 0.0165. The quantitative estimate of drug-likeness (QED) is 0.644. The van der Waals surface area contributed by atoms with Gasteiger partial charge in [-0.3, -0.25) is 9.59 Å². The van der Waals surface area contributed by atoms with Crippen LogP contribution in [0.5, 0.6) is 0 Å². The summed E-state index contributed by atoms with van der Waals surface area (Å²) >= 11 is 0. The van der Waals surface area contributed by atoms with Crippen molar-refractivity contribution >= 4 is 34.4 Å². The molecule has 2 aliphatic rings. The lowest BCUT2D eigenvalue weighted by Gasteiger charge is -2.27. The molecule has 0 aliphatic carbocycles. The highest BCUT2D eigenvalue weighted by atomic mass is 16.5. The molecule has 0 fully saturated rings. The standard InChI is InChI=1S/C25H25N3O4/c1-3-23(29)28-11-8-15-12-16(5-7-22(15)28)24(30)27-10-9-21-19(14-27)18-13-17(25(31)32-2)4-6-20(18)26-21/h4-7,12-13,26H,3,8-11,14H2,1-2H3. The Balaban J connectivity index is 1.42. The summed E-state index contributed by atoms with van der Waals surface area (Å²) in [5.41, 5.74) is 6.21. The van der Waals surface area contributed by atoms with E-state index < -0.39 is 0 Å². The largest absolute Gasteiger partial charge is 0.465 e. The highest BCUT2D eigenvalue weighted by Crippen LogP contribution is 2.32. The third-order valence-electron chi connectivity index (χ3n) is 6.51. The fourth-order valence-corrected chi connectivity index (χ4v) is 4.80. The molecule has 2 aliphatic heterocycles. The molecule has 2 amide bonds. The molecule has 0 saturated heterocycles. The molecule has 1 aromatic heterocycles. The first kappa shape index (κ1) is 20.3. The van der Waals surface area contributed by atoms with Crippen molar-refractivity contribution in [3.63, 3.8) is 0 Å². The predicted molar refractivity (Wildman–Crippen MR) is 121 cm³/mol. The number of aromatic nitrogens is 1. The molecule has 7 heteroatoms. The minimum atomic E-state index is -0.376. The lowest BCUT2D eigenvalue weighted by atomic mass is 10.0. The van der Waals surface area contributed by atoms with Crippen molar-refractivity contribution < 1.29 is 19.1 Å². The molecule has 0 spiro atoms. The number of nitrogens with zero attached hydrogens (tertiary/aromatic N) is 2. The Kier molecular flexibility index (Phi) is 4.96. The Labute approximate surface area is 185 Å². The number of methoxy groups -OCH3 is 1. The SMILES string of the molecule is CCC(=O)N1CCc2cc(C(=O)N3CCc4[nH]c5ccc(C(=O)OC)cc5c4C3)ccc21. The molecule has 0 bridgehead atoms. The molecule has 1 N–H and O–H groups in total. The zero-order valence-corrected chi connectivity index (χ0v) is 18.2. The maximum absolute atomic E-state index is 13.3. The van der Waals surface area contributed by atoms with Crippen LogP contribution in [0.25, 0.3) is 10.9 Å². The highest BCUT2D eigenvalue weighted by Gasteiger charge is 2.28.